The number of hydrogen-bond donors (Lipinski definition) is 0. The minimum absolute atomic E-state index is 0.127. The largest absolute Gasteiger partial charge is 0.476 e. The van der Waals surface area contributed by atoms with Crippen LogP contribution in [-0.2, 0) is 16.6 Å². The molecule has 0 bridgehead atoms. The molecule has 0 unspecified atom stereocenters. The summed E-state index contributed by atoms with van der Waals surface area (Å²) in [6.07, 6.45) is 20.1. The van der Waals surface area contributed by atoms with E-state index in [0.29, 0.717) is 28.5 Å². The van der Waals surface area contributed by atoms with Crippen LogP contribution in [0.25, 0.3) is 11.0 Å². The lowest BCUT2D eigenvalue weighted by Gasteiger charge is -2.07. The van der Waals surface area contributed by atoms with Crippen LogP contribution in [0, 0.1) is 0 Å². The van der Waals surface area contributed by atoms with Gasteiger partial charge in [0.2, 0.25) is 5.88 Å². The summed E-state index contributed by atoms with van der Waals surface area (Å²) in [5.41, 5.74) is 1.35. The Morgan fingerprint density at radius 1 is 0.886 bits per heavy atom. The minimum Gasteiger partial charge on any atom is -0.476 e. The highest BCUT2D eigenvalue weighted by molar-refractivity contribution is 8.00. The van der Waals surface area contributed by atoms with Gasteiger partial charge in [-0.1, -0.05) is 102 Å². The highest BCUT2D eigenvalue weighted by Gasteiger charge is 2.17. The molecule has 0 radical (unpaired) electrons. The monoisotopic (exact) mass is 506 g/mol. The maximum atomic E-state index is 11.9. The summed E-state index contributed by atoms with van der Waals surface area (Å²) >= 11 is 1.31. The SMILES string of the molecule is CCCCCCCCCCCCCCCCOc1c2ncnc(SCC(=O)OC(C)C)c2nn1C. The number of carbonyl (C=O) groups is 1. The first-order valence-corrected chi connectivity index (χ1v) is 14.6. The average molecular weight is 507 g/mol. The zero-order valence-corrected chi connectivity index (χ0v) is 23.2. The fourth-order valence-corrected chi connectivity index (χ4v) is 4.83. The molecule has 0 saturated carbocycles. The van der Waals surface area contributed by atoms with Gasteiger partial charge in [-0.2, -0.15) is 5.10 Å². The molecule has 35 heavy (non-hydrogen) atoms. The second-order valence-corrected chi connectivity index (χ2v) is 10.5. The number of thioether (sulfide) groups is 1. The van der Waals surface area contributed by atoms with Gasteiger partial charge in [0, 0.05) is 7.05 Å². The molecule has 0 amide bonds. The third kappa shape index (κ3) is 11.6. The topological polar surface area (TPSA) is 79.1 Å². The molecule has 2 heterocycles. The van der Waals surface area contributed by atoms with Crippen LogP contribution in [0.15, 0.2) is 11.4 Å². The van der Waals surface area contributed by atoms with Gasteiger partial charge in [-0.15, -0.1) is 0 Å². The molecule has 0 N–H and O–H groups in total. The van der Waals surface area contributed by atoms with Crippen molar-refractivity contribution in [2.75, 3.05) is 12.4 Å². The van der Waals surface area contributed by atoms with Crippen molar-refractivity contribution in [2.24, 2.45) is 7.05 Å². The van der Waals surface area contributed by atoms with Crippen molar-refractivity contribution in [3.05, 3.63) is 6.33 Å². The zero-order valence-electron chi connectivity index (χ0n) is 22.4. The molecule has 8 heteroatoms. The highest BCUT2D eigenvalue weighted by atomic mass is 32.2. The van der Waals surface area contributed by atoms with Crippen LogP contribution in [0.1, 0.15) is 111 Å². The smallest absolute Gasteiger partial charge is 0.316 e. The van der Waals surface area contributed by atoms with Gasteiger partial charge in [0.05, 0.1) is 18.5 Å². The van der Waals surface area contributed by atoms with E-state index in [1.54, 1.807) is 4.68 Å². The van der Waals surface area contributed by atoms with Gasteiger partial charge in [-0.05, 0) is 20.3 Å². The molecule has 0 aromatic carbocycles. The van der Waals surface area contributed by atoms with Gasteiger partial charge in [0.1, 0.15) is 16.9 Å². The fraction of sp³-hybridized carbons (Fsp3) is 0.778. The Kier molecular flexibility index (Phi) is 14.8. The molecule has 0 spiro atoms. The summed E-state index contributed by atoms with van der Waals surface area (Å²) in [5, 5.41) is 5.20. The van der Waals surface area contributed by atoms with Gasteiger partial charge < -0.3 is 9.47 Å². The lowest BCUT2D eigenvalue weighted by atomic mass is 10.0. The Morgan fingerprint density at radius 3 is 2.03 bits per heavy atom. The van der Waals surface area contributed by atoms with Crippen LogP contribution < -0.4 is 4.74 Å². The molecule has 0 atom stereocenters. The Balaban J connectivity index is 1.60. The third-order valence-corrected chi connectivity index (χ3v) is 6.92. The quantitative estimate of drug-likeness (QED) is 0.0808. The van der Waals surface area contributed by atoms with Crippen LogP contribution >= 0.6 is 11.8 Å². The number of carbonyl (C=O) groups excluding carboxylic acids is 1. The average Bonchev–Trinajstić information content (AvgIpc) is 3.15. The van der Waals surface area contributed by atoms with E-state index in [0.717, 1.165) is 6.42 Å². The molecule has 7 nitrogen and oxygen atoms in total. The van der Waals surface area contributed by atoms with Crippen molar-refractivity contribution in [3.63, 3.8) is 0 Å². The molecule has 2 aromatic heterocycles. The summed E-state index contributed by atoms with van der Waals surface area (Å²) in [7, 11) is 1.85. The molecule has 2 aromatic rings. The minimum atomic E-state index is -0.262. The predicted molar refractivity (Wildman–Crippen MR) is 144 cm³/mol. The molecule has 0 aliphatic carbocycles. The summed E-state index contributed by atoms with van der Waals surface area (Å²) in [6, 6.07) is 0. The number of hydrogen-bond acceptors (Lipinski definition) is 7. The van der Waals surface area contributed by atoms with Crippen molar-refractivity contribution in [1.82, 2.24) is 19.7 Å². The van der Waals surface area contributed by atoms with Gasteiger partial charge in [-0.3, -0.25) is 4.79 Å². The fourth-order valence-electron chi connectivity index (χ4n) is 4.11. The number of esters is 1. The van der Waals surface area contributed by atoms with Crippen molar-refractivity contribution in [3.8, 4) is 5.88 Å². The lowest BCUT2D eigenvalue weighted by Crippen LogP contribution is -2.13. The van der Waals surface area contributed by atoms with Crippen LogP contribution in [0.5, 0.6) is 5.88 Å². The van der Waals surface area contributed by atoms with Gasteiger partial charge in [-0.25, -0.2) is 14.6 Å². The maximum Gasteiger partial charge on any atom is 0.316 e. The van der Waals surface area contributed by atoms with Crippen LogP contribution in [-0.4, -0.2) is 44.2 Å². The molecule has 2 rings (SSSR count). The van der Waals surface area contributed by atoms with Crippen LogP contribution in [0.2, 0.25) is 0 Å². The lowest BCUT2D eigenvalue weighted by molar-refractivity contribution is -0.144. The molecule has 0 aliphatic rings. The number of nitrogens with zero attached hydrogens (tertiary/aromatic N) is 4. The van der Waals surface area contributed by atoms with Crippen molar-refractivity contribution in [1.29, 1.82) is 0 Å². The molecule has 0 saturated heterocycles. The second kappa shape index (κ2) is 17.6. The summed E-state index contributed by atoms with van der Waals surface area (Å²) in [4.78, 5) is 20.5. The molecular weight excluding hydrogens is 460 g/mol. The number of aryl methyl sites for hydroxylation is 1. The Hall–Kier alpha value is -1.83. The number of aromatic nitrogens is 4. The van der Waals surface area contributed by atoms with E-state index < -0.39 is 0 Å². The van der Waals surface area contributed by atoms with Crippen molar-refractivity contribution < 1.29 is 14.3 Å². The first-order valence-electron chi connectivity index (χ1n) is 13.7. The number of fused-ring (bicyclic) bond motifs is 1. The van der Waals surface area contributed by atoms with Gasteiger partial charge in [0.25, 0.3) is 0 Å². The van der Waals surface area contributed by atoms with Crippen LogP contribution in [0.3, 0.4) is 0 Å². The summed E-state index contributed by atoms with van der Waals surface area (Å²) in [5.74, 6) is 0.585. The Morgan fingerprint density at radius 2 is 1.46 bits per heavy atom. The second-order valence-electron chi connectivity index (χ2n) is 9.58. The van der Waals surface area contributed by atoms with E-state index in [1.807, 2.05) is 20.9 Å². The number of unbranched alkanes of at least 4 members (excludes halogenated alkanes) is 13. The molecule has 0 fully saturated rings. The standard InChI is InChI=1S/C27H46N4O3S/c1-5-6-7-8-9-10-11-12-13-14-15-16-17-18-19-33-27-25-24(30-31(27)4)26(29-21-28-25)35-20-23(32)34-22(2)3/h21-22H,5-20H2,1-4H3. The normalized spacial score (nSPS) is 11.5. The van der Waals surface area contributed by atoms with E-state index in [2.05, 4.69) is 22.0 Å². The van der Waals surface area contributed by atoms with E-state index in [4.69, 9.17) is 9.47 Å². The summed E-state index contributed by atoms with van der Waals surface area (Å²) in [6.45, 7) is 6.61. The number of ether oxygens (including phenoxy) is 2. The van der Waals surface area contributed by atoms with Gasteiger partial charge in [0.15, 0.2) is 5.52 Å². The Labute approximate surface area is 216 Å². The molecule has 198 valence electrons. The zero-order chi connectivity index (χ0) is 25.3. The van der Waals surface area contributed by atoms with E-state index in [-0.39, 0.29) is 17.8 Å². The first kappa shape index (κ1) is 29.4. The predicted octanol–water partition coefficient (Wildman–Crippen LogP) is 7.27. The van der Waals surface area contributed by atoms with Crippen molar-refractivity contribution >= 4 is 28.8 Å². The number of rotatable bonds is 20. The molecule has 0 aliphatic heterocycles. The third-order valence-electron chi connectivity index (χ3n) is 5.97. The van der Waals surface area contributed by atoms with E-state index in [9.17, 15) is 4.79 Å². The summed E-state index contributed by atoms with van der Waals surface area (Å²) < 4.78 is 12.9. The maximum absolute atomic E-state index is 11.9. The van der Waals surface area contributed by atoms with E-state index in [1.165, 1.54) is 102 Å². The highest BCUT2D eigenvalue weighted by Crippen LogP contribution is 2.29. The van der Waals surface area contributed by atoms with Crippen LogP contribution in [0.4, 0.5) is 0 Å². The Bertz CT molecular complexity index is 856. The first-order chi connectivity index (χ1) is 17.0. The molecular formula is C27H46N4O3S. The van der Waals surface area contributed by atoms with Crippen molar-refractivity contribution in [2.45, 2.75) is 122 Å². The van der Waals surface area contributed by atoms with E-state index >= 15 is 0 Å². The van der Waals surface area contributed by atoms with Gasteiger partial charge >= 0.3 is 5.97 Å².